The van der Waals surface area contributed by atoms with Gasteiger partial charge in [0.1, 0.15) is 6.61 Å². The molecule has 4 N–H and O–H groups in total. The molecule has 0 aromatic heterocycles. The van der Waals surface area contributed by atoms with E-state index in [2.05, 4.69) is 10.6 Å². The van der Waals surface area contributed by atoms with Gasteiger partial charge < -0.3 is 25.4 Å². The number of hydrogen-bond acceptors (Lipinski definition) is 6. The fourth-order valence-electron chi connectivity index (χ4n) is 4.69. The zero-order valence-electron chi connectivity index (χ0n) is 24.6. The van der Waals surface area contributed by atoms with Crippen LogP contribution in [-0.2, 0) is 36.8 Å². The minimum Gasteiger partial charge on any atom is -0.448 e. The summed E-state index contributed by atoms with van der Waals surface area (Å²) in [6.07, 6.45) is -0.785. The van der Waals surface area contributed by atoms with E-state index in [9.17, 15) is 19.2 Å². The number of rotatable bonds is 10. The molecular weight excluding hydrogens is 524 g/mol. The Bertz CT molecular complexity index is 1230. The number of piperidine rings is 1. The number of aryl methyl sites for hydroxylation is 2. The van der Waals surface area contributed by atoms with Crippen LogP contribution in [0.3, 0.4) is 0 Å². The van der Waals surface area contributed by atoms with Crippen molar-refractivity contribution >= 4 is 29.5 Å². The summed E-state index contributed by atoms with van der Waals surface area (Å²) in [5.41, 5.74) is 7.39. The third kappa shape index (κ3) is 8.78. The van der Waals surface area contributed by atoms with Crippen LogP contribution in [0, 0.1) is 12.3 Å². The molecule has 0 spiro atoms. The molecule has 0 bridgehead atoms. The van der Waals surface area contributed by atoms with E-state index in [1.165, 1.54) is 4.90 Å². The fourth-order valence-corrected chi connectivity index (χ4v) is 4.69. The lowest BCUT2D eigenvalue weighted by molar-refractivity contribution is -0.163. The smallest absolute Gasteiger partial charge is 0.411 e. The van der Waals surface area contributed by atoms with Crippen molar-refractivity contribution in [1.82, 2.24) is 10.2 Å². The number of amides is 4. The lowest BCUT2D eigenvalue weighted by Crippen LogP contribution is -2.56. The summed E-state index contributed by atoms with van der Waals surface area (Å²) >= 11 is 0. The fraction of sp³-hybridized carbons (Fsp3) is 0.484. The summed E-state index contributed by atoms with van der Waals surface area (Å²) in [5, 5.41) is 5.70. The predicted octanol–water partition coefficient (Wildman–Crippen LogP) is 3.70. The normalized spacial score (nSPS) is 15.5. The Morgan fingerprint density at radius 1 is 1.02 bits per heavy atom. The Balaban J connectivity index is 1.72. The molecule has 41 heavy (non-hydrogen) atoms. The molecule has 0 radical (unpaired) electrons. The predicted molar refractivity (Wildman–Crippen MR) is 156 cm³/mol. The van der Waals surface area contributed by atoms with Gasteiger partial charge in [-0.3, -0.25) is 19.7 Å². The van der Waals surface area contributed by atoms with Crippen molar-refractivity contribution in [3.05, 3.63) is 65.2 Å². The van der Waals surface area contributed by atoms with E-state index in [-0.39, 0.29) is 38.4 Å². The van der Waals surface area contributed by atoms with Crippen molar-refractivity contribution < 1.29 is 28.7 Å². The number of carbonyl (C=O) groups excluding carboxylic acids is 4. The molecule has 222 valence electrons. The molecule has 1 fully saturated rings. The van der Waals surface area contributed by atoms with E-state index in [1.54, 1.807) is 32.9 Å². The Hall–Kier alpha value is -3.92. The van der Waals surface area contributed by atoms with Crippen LogP contribution < -0.4 is 16.4 Å². The average molecular weight is 567 g/mol. The standard InChI is InChI=1S/C31H42N4O6/c1-6-22-11-13-24(14-12-22)34-29(39)40-20-31(28(38)33-19-23-10-8-7-9-21(23)2)15-17-35(18-16-31)27(37)25(26(32)36)41-30(3,4)5/h7-14,25H,6,15-20H2,1-5H3,(H2,32,36)(H,33,38)(H,34,39). The summed E-state index contributed by atoms with van der Waals surface area (Å²) in [5.74, 6) is -1.69. The Kier molecular flexibility index (Phi) is 10.5. The molecule has 1 atom stereocenters. The van der Waals surface area contributed by atoms with Crippen LogP contribution in [0.5, 0.6) is 0 Å². The van der Waals surface area contributed by atoms with Gasteiger partial charge in [0.25, 0.3) is 11.8 Å². The minimum atomic E-state index is -1.43. The van der Waals surface area contributed by atoms with Gasteiger partial charge in [-0.1, -0.05) is 43.3 Å². The minimum absolute atomic E-state index is 0.164. The summed E-state index contributed by atoms with van der Waals surface area (Å²) in [6, 6.07) is 15.2. The Morgan fingerprint density at radius 2 is 1.66 bits per heavy atom. The molecule has 2 aromatic carbocycles. The number of anilines is 1. The average Bonchev–Trinajstić information content (AvgIpc) is 2.94. The number of nitrogens with one attached hydrogen (secondary N) is 2. The van der Waals surface area contributed by atoms with E-state index in [1.807, 2.05) is 50.2 Å². The molecule has 1 unspecified atom stereocenters. The summed E-state index contributed by atoms with van der Waals surface area (Å²) < 4.78 is 11.2. The summed E-state index contributed by atoms with van der Waals surface area (Å²) in [4.78, 5) is 53.0. The van der Waals surface area contributed by atoms with Gasteiger partial charge in [0, 0.05) is 25.3 Å². The van der Waals surface area contributed by atoms with Crippen LogP contribution in [0.4, 0.5) is 10.5 Å². The summed E-state index contributed by atoms with van der Waals surface area (Å²) in [7, 11) is 0. The number of likely N-dealkylation sites (tertiary alicyclic amines) is 1. The van der Waals surface area contributed by atoms with E-state index < -0.39 is 35.0 Å². The van der Waals surface area contributed by atoms with Gasteiger partial charge in [0.15, 0.2) is 0 Å². The van der Waals surface area contributed by atoms with Gasteiger partial charge in [0.05, 0.1) is 11.0 Å². The second-order valence-electron chi connectivity index (χ2n) is 11.5. The maximum absolute atomic E-state index is 13.6. The molecule has 1 aliphatic rings. The molecule has 0 saturated carbocycles. The van der Waals surface area contributed by atoms with Crippen molar-refractivity contribution in [2.24, 2.45) is 11.1 Å². The molecule has 0 aliphatic carbocycles. The number of nitrogens with zero attached hydrogens (tertiary/aromatic N) is 1. The number of nitrogens with two attached hydrogens (primary N) is 1. The van der Waals surface area contributed by atoms with Crippen molar-refractivity contribution in [3.8, 4) is 0 Å². The van der Waals surface area contributed by atoms with Crippen molar-refractivity contribution in [2.45, 2.75) is 72.1 Å². The molecule has 10 heteroatoms. The highest BCUT2D eigenvalue weighted by Gasteiger charge is 2.45. The highest BCUT2D eigenvalue weighted by molar-refractivity contribution is 6.02. The topological polar surface area (TPSA) is 140 Å². The Morgan fingerprint density at radius 3 is 2.22 bits per heavy atom. The van der Waals surface area contributed by atoms with Crippen molar-refractivity contribution in [3.63, 3.8) is 0 Å². The highest BCUT2D eigenvalue weighted by atomic mass is 16.5. The lowest BCUT2D eigenvalue weighted by atomic mass is 9.78. The van der Waals surface area contributed by atoms with Crippen LogP contribution in [-0.4, -0.2) is 60.1 Å². The first kappa shape index (κ1) is 31.6. The maximum atomic E-state index is 13.6. The Labute approximate surface area is 241 Å². The van der Waals surface area contributed by atoms with Crippen LogP contribution in [0.15, 0.2) is 48.5 Å². The highest BCUT2D eigenvalue weighted by Crippen LogP contribution is 2.33. The third-order valence-corrected chi connectivity index (χ3v) is 7.26. The first-order valence-electron chi connectivity index (χ1n) is 13.9. The molecular formula is C31H42N4O6. The SMILES string of the molecule is CCc1ccc(NC(=O)OCC2(C(=O)NCc3ccccc3C)CCN(C(=O)C(OC(C)(C)C)C(N)=O)CC2)cc1. The van der Waals surface area contributed by atoms with Gasteiger partial charge in [-0.05, 0) is 75.8 Å². The zero-order valence-corrected chi connectivity index (χ0v) is 24.6. The van der Waals surface area contributed by atoms with E-state index >= 15 is 0 Å². The largest absolute Gasteiger partial charge is 0.448 e. The van der Waals surface area contributed by atoms with Crippen molar-refractivity contribution in [1.29, 1.82) is 0 Å². The number of carbonyl (C=O) groups is 4. The van der Waals surface area contributed by atoms with E-state index in [4.69, 9.17) is 15.2 Å². The maximum Gasteiger partial charge on any atom is 0.411 e. The van der Waals surface area contributed by atoms with Crippen LogP contribution >= 0.6 is 0 Å². The molecule has 1 aliphatic heterocycles. The number of primary amides is 1. The number of benzene rings is 2. The molecule has 4 amide bonds. The molecule has 1 heterocycles. The van der Waals surface area contributed by atoms with Crippen LogP contribution in [0.1, 0.15) is 57.2 Å². The quantitative estimate of drug-likeness (QED) is 0.375. The molecule has 1 saturated heterocycles. The molecule has 10 nitrogen and oxygen atoms in total. The number of hydrogen-bond donors (Lipinski definition) is 3. The zero-order chi connectivity index (χ0) is 30.2. The van der Waals surface area contributed by atoms with Gasteiger partial charge in [0.2, 0.25) is 12.0 Å². The summed E-state index contributed by atoms with van der Waals surface area (Å²) in [6.45, 7) is 9.68. The van der Waals surface area contributed by atoms with Gasteiger partial charge >= 0.3 is 6.09 Å². The molecule has 3 rings (SSSR count). The first-order valence-corrected chi connectivity index (χ1v) is 13.9. The van der Waals surface area contributed by atoms with Gasteiger partial charge in [-0.15, -0.1) is 0 Å². The number of ether oxygens (including phenoxy) is 2. The monoisotopic (exact) mass is 566 g/mol. The third-order valence-electron chi connectivity index (χ3n) is 7.26. The van der Waals surface area contributed by atoms with Crippen LogP contribution in [0.25, 0.3) is 0 Å². The van der Waals surface area contributed by atoms with Gasteiger partial charge in [-0.2, -0.15) is 0 Å². The second-order valence-corrected chi connectivity index (χ2v) is 11.5. The van der Waals surface area contributed by atoms with Gasteiger partial charge in [-0.25, -0.2) is 4.79 Å². The first-order chi connectivity index (χ1) is 19.3. The second kappa shape index (κ2) is 13.6. The lowest BCUT2D eigenvalue weighted by Gasteiger charge is -2.41. The van der Waals surface area contributed by atoms with Crippen molar-refractivity contribution in [2.75, 3.05) is 25.0 Å². The van der Waals surface area contributed by atoms with E-state index in [0.717, 1.165) is 23.1 Å². The van der Waals surface area contributed by atoms with E-state index in [0.29, 0.717) is 12.2 Å². The molecule has 2 aromatic rings. The van der Waals surface area contributed by atoms with Crippen LogP contribution in [0.2, 0.25) is 0 Å².